The summed E-state index contributed by atoms with van der Waals surface area (Å²) in [7, 11) is 1.77. The van der Waals surface area contributed by atoms with Crippen molar-refractivity contribution in [3.8, 4) is 0 Å². The molecule has 1 aromatic carbocycles. The van der Waals surface area contributed by atoms with Gasteiger partial charge in [-0.3, -0.25) is 9.48 Å². The predicted molar refractivity (Wildman–Crippen MR) is 80.9 cm³/mol. The van der Waals surface area contributed by atoms with Gasteiger partial charge in [-0.2, -0.15) is 5.10 Å². The number of hydrogen-bond donors (Lipinski definition) is 2. The Labute approximate surface area is 118 Å². The van der Waals surface area contributed by atoms with Gasteiger partial charge in [-0.15, -0.1) is 0 Å². The highest BCUT2D eigenvalue weighted by Gasteiger charge is 2.15. The van der Waals surface area contributed by atoms with Crippen LogP contribution in [0.15, 0.2) is 18.2 Å². The highest BCUT2D eigenvalue weighted by atomic mass is 16.2. The van der Waals surface area contributed by atoms with Crippen LogP contribution < -0.4 is 11.1 Å². The molecule has 1 heterocycles. The van der Waals surface area contributed by atoms with Gasteiger partial charge in [0.25, 0.3) is 5.91 Å². The van der Waals surface area contributed by atoms with Crippen molar-refractivity contribution in [2.75, 3.05) is 11.1 Å². The minimum Gasteiger partial charge on any atom is -0.398 e. The minimum absolute atomic E-state index is 0.170. The second kappa shape index (κ2) is 5.36. The Morgan fingerprint density at radius 3 is 2.70 bits per heavy atom. The quantitative estimate of drug-likeness (QED) is 0.843. The molecule has 1 amide bonds. The van der Waals surface area contributed by atoms with Crippen LogP contribution in [0.3, 0.4) is 0 Å². The number of aryl methyl sites for hydroxylation is 3. The van der Waals surface area contributed by atoms with E-state index in [1.165, 1.54) is 0 Å². The molecule has 0 aliphatic rings. The molecule has 5 nitrogen and oxygen atoms in total. The van der Waals surface area contributed by atoms with Crippen LogP contribution in [0.2, 0.25) is 0 Å². The van der Waals surface area contributed by atoms with E-state index < -0.39 is 0 Å². The van der Waals surface area contributed by atoms with Gasteiger partial charge >= 0.3 is 0 Å². The summed E-state index contributed by atoms with van der Waals surface area (Å²) >= 11 is 0. The van der Waals surface area contributed by atoms with Crippen LogP contribution in [0, 0.1) is 13.8 Å². The van der Waals surface area contributed by atoms with Gasteiger partial charge in [-0.1, -0.05) is 13.0 Å². The fourth-order valence-electron chi connectivity index (χ4n) is 2.15. The van der Waals surface area contributed by atoms with Gasteiger partial charge in [0.2, 0.25) is 0 Å². The van der Waals surface area contributed by atoms with E-state index >= 15 is 0 Å². The molecule has 20 heavy (non-hydrogen) atoms. The number of amides is 1. The van der Waals surface area contributed by atoms with E-state index in [-0.39, 0.29) is 5.91 Å². The summed E-state index contributed by atoms with van der Waals surface area (Å²) in [5.74, 6) is -0.170. The average Bonchev–Trinajstić information content (AvgIpc) is 2.80. The second-order valence-corrected chi connectivity index (χ2v) is 4.92. The summed E-state index contributed by atoms with van der Waals surface area (Å²) in [6.07, 6.45) is 0.803. The number of rotatable bonds is 3. The third-order valence-corrected chi connectivity index (χ3v) is 3.48. The molecule has 0 saturated carbocycles. The number of nitrogens with two attached hydrogens (primary N) is 1. The second-order valence-electron chi connectivity index (χ2n) is 4.92. The van der Waals surface area contributed by atoms with Crippen molar-refractivity contribution in [1.82, 2.24) is 9.78 Å². The molecule has 106 valence electrons. The first-order valence-corrected chi connectivity index (χ1v) is 6.64. The Bertz CT molecular complexity index is 658. The number of aromatic nitrogens is 2. The summed E-state index contributed by atoms with van der Waals surface area (Å²) in [6.45, 7) is 5.86. The van der Waals surface area contributed by atoms with Gasteiger partial charge in [0.1, 0.15) is 5.69 Å². The van der Waals surface area contributed by atoms with E-state index in [4.69, 9.17) is 5.73 Å². The molecule has 0 bridgehead atoms. The SMILES string of the molecule is CCc1cc(C(=O)Nc2c(C)ccc(N)c2C)n(C)n1. The van der Waals surface area contributed by atoms with Crippen LogP contribution >= 0.6 is 0 Å². The molecule has 0 aliphatic carbocycles. The molecule has 5 heteroatoms. The van der Waals surface area contributed by atoms with Crippen molar-refractivity contribution in [1.29, 1.82) is 0 Å². The van der Waals surface area contributed by atoms with Crippen LogP contribution in [-0.2, 0) is 13.5 Å². The van der Waals surface area contributed by atoms with Gasteiger partial charge in [0.15, 0.2) is 0 Å². The Balaban J connectivity index is 2.32. The zero-order valence-corrected chi connectivity index (χ0v) is 12.3. The summed E-state index contributed by atoms with van der Waals surface area (Å²) < 4.78 is 1.60. The van der Waals surface area contributed by atoms with E-state index in [0.717, 1.165) is 28.9 Å². The van der Waals surface area contributed by atoms with Gasteiger partial charge in [-0.05, 0) is 43.5 Å². The maximum atomic E-state index is 12.4. The topological polar surface area (TPSA) is 72.9 Å². The zero-order chi connectivity index (χ0) is 14.9. The van der Waals surface area contributed by atoms with Crippen molar-refractivity contribution in [3.63, 3.8) is 0 Å². The van der Waals surface area contributed by atoms with E-state index in [2.05, 4.69) is 10.4 Å². The molecule has 0 aliphatic heterocycles. The maximum absolute atomic E-state index is 12.4. The monoisotopic (exact) mass is 272 g/mol. The zero-order valence-electron chi connectivity index (χ0n) is 12.3. The smallest absolute Gasteiger partial charge is 0.273 e. The van der Waals surface area contributed by atoms with Crippen molar-refractivity contribution in [3.05, 3.63) is 40.7 Å². The highest BCUT2D eigenvalue weighted by Crippen LogP contribution is 2.25. The highest BCUT2D eigenvalue weighted by molar-refractivity contribution is 6.04. The van der Waals surface area contributed by atoms with Crippen LogP contribution in [0.25, 0.3) is 0 Å². The van der Waals surface area contributed by atoms with E-state index in [9.17, 15) is 4.79 Å². The van der Waals surface area contributed by atoms with Gasteiger partial charge < -0.3 is 11.1 Å². The number of nitrogen functional groups attached to an aromatic ring is 1. The van der Waals surface area contributed by atoms with E-state index in [1.807, 2.05) is 39.0 Å². The third kappa shape index (κ3) is 2.52. The van der Waals surface area contributed by atoms with Gasteiger partial charge in [-0.25, -0.2) is 0 Å². The van der Waals surface area contributed by atoms with Crippen molar-refractivity contribution in [2.24, 2.45) is 7.05 Å². The van der Waals surface area contributed by atoms with E-state index in [1.54, 1.807) is 11.7 Å². The maximum Gasteiger partial charge on any atom is 0.273 e. The molecule has 2 rings (SSSR count). The van der Waals surface area contributed by atoms with Crippen LogP contribution in [-0.4, -0.2) is 15.7 Å². The first-order chi connectivity index (χ1) is 9.43. The molecule has 0 spiro atoms. The summed E-state index contributed by atoms with van der Waals surface area (Å²) in [5.41, 5.74) is 10.7. The Morgan fingerprint density at radius 1 is 1.40 bits per heavy atom. The standard InChI is InChI=1S/C15H20N4O/c1-5-11-8-13(19(4)18-11)15(20)17-14-9(2)6-7-12(16)10(14)3/h6-8H,5,16H2,1-4H3,(H,17,20). The fraction of sp³-hybridized carbons (Fsp3) is 0.333. The first kappa shape index (κ1) is 14.1. The number of nitrogens with one attached hydrogen (secondary N) is 1. The van der Waals surface area contributed by atoms with Crippen LogP contribution in [0.4, 0.5) is 11.4 Å². The van der Waals surface area contributed by atoms with Crippen LogP contribution in [0.1, 0.15) is 34.2 Å². The third-order valence-electron chi connectivity index (χ3n) is 3.48. The first-order valence-electron chi connectivity index (χ1n) is 6.64. The minimum atomic E-state index is -0.170. The number of carbonyl (C=O) groups excluding carboxylic acids is 1. The number of nitrogens with zero attached hydrogens (tertiary/aromatic N) is 2. The fourth-order valence-corrected chi connectivity index (χ4v) is 2.15. The normalized spacial score (nSPS) is 10.6. The molecule has 1 aromatic heterocycles. The average molecular weight is 272 g/mol. The number of carbonyl (C=O) groups is 1. The molecule has 0 atom stereocenters. The van der Waals surface area contributed by atoms with Crippen molar-refractivity contribution in [2.45, 2.75) is 27.2 Å². The molecule has 0 radical (unpaired) electrons. The van der Waals surface area contributed by atoms with Gasteiger partial charge in [0.05, 0.1) is 5.69 Å². The lowest BCUT2D eigenvalue weighted by atomic mass is 10.1. The Hall–Kier alpha value is -2.30. The Kier molecular flexibility index (Phi) is 3.79. The molecule has 0 unspecified atom stereocenters. The lowest BCUT2D eigenvalue weighted by Gasteiger charge is -2.13. The van der Waals surface area contributed by atoms with Crippen molar-refractivity contribution < 1.29 is 4.79 Å². The lowest BCUT2D eigenvalue weighted by Crippen LogP contribution is -2.17. The predicted octanol–water partition coefficient (Wildman–Crippen LogP) is 2.43. The molecule has 0 fully saturated rings. The molecular weight excluding hydrogens is 252 g/mol. The van der Waals surface area contributed by atoms with Crippen molar-refractivity contribution >= 4 is 17.3 Å². The van der Waals surface area contributed by atoms with Crippen LogP contribution in [0.5, 0.6) is 0 Å². The molecule has 3 N–H and O–H groups in total. The molecule has 0 saturated heterocycles. The number of hydrogen-bond acceptors (Lipinski definition) is 3. The van der Waals surface area contributed by atoms with E-state index in [0.29, 0.717) is 11.4 Å². The summed E-state index contributed by atoms with van der Waals surface area (Å²) in [4.78, 5) is 12.4. The number of benzene rings is 1. The lowest BCUT2D eigenvalue weighted by molar-refractivity contribution is 0.101. The summed E-state index contributed by atoms with van der Waals surface area (Å²) in [5, 5.41) is 7.22. The largest absolute Gasteiger partial charge is 0.398 e. The summed E-state index contributed by atoms with van der Waals surface area (Å²) in [6, 6.07) is 5.56. The molecule has 2 aromatic rings. The number of anilines is 2. The van der Waals surface area contributed by atoms with Gasteiger partial charge in [0, 0.05) is 18.4 Å². The Morgan fingerprint density at radius 2 is 2.10 bits per heavy atom. The molecular formula is C15H20N4O.